The maximum atomic E-state index is 3.20. The third-order valence-electron chi connectivity index (χ3n) is 3.63. The quantitative estimate of drug-likeness (QED) is 0.271. The molecule has 0 aromatic heterocycles. The molecule has 21 heavy (non-hydrogen) atoms. The summed E-state index contributed by atoms with van der Waals surface area (Å²) in [5, 5.41) is 3.20. The van der Waals surface area contributed by atoms with E-state index in [1.807, 2.05) is 7.05 Å². The van der Waals surface area contributed by atoms with Gasteiger partial charge in [0.2, 0.25) is 0 Å². The van der Waals surface area contributed by atoms with E-state index in [0.29, 0.717) is 0 Å². The van der Waals surface area contributed by atoms with E-state index in [4.69, 9.17) is 0 Å². The van der Waals surface area contributed by atoms with E-state index >= 15 is 0 Å². The molecule has 0 bridgehead atoms. The number of allylic oxidation sites excluding steroid dienone is 4. The average Bonchev–Trinajstić information content (AvgIpc) is 2.47. The summed E-state index contributed by atoms with van der Waals surface area (Å²) in [4.78, 5) is 0. The number of nitrogens with one attached hydrogen (secondary N) is 1. The van der Waals surface area contributed by atoms with E-state index in [1.54, 1.807) is 0 Å². The van der Waals surface area contributed by atoms with Gasteiger partial charge in [-0.1, -0.05) is 69.8 Å². The lowest BCUT2D eigenvalue weighted by Crippen LogP contribution is -2.06. The van der Waals surface area contributed by atoms with Gasteiger partial charge in [0.15, 0.2) is 0 Å². The highest BCUT2D eigenvalue weighted by atomic mass is 35.5. The molecule has 0 aliphatic rings. The minimum absolute atomic E-state index is 0. The van der Waals surface area contributed by atoms with Crippen LogP contribution in [-0.2, 0) is 0 Å². The fourth-order valence-corrected chi connectivity index (χ4v) is 2.29. The first-order valence-electron chi connectivity index (χ1n) is 8.86. The van der Waals surface area contributed by atoms with Crippen LogP contribution in [0.25, 0.3) is 0 Å². The summed E-state index contributed by atoms with van der Waals surface area (Å²) in [6, 6.07) is 0. The lowest BCUT2D eigenvalue weighted by atomic mass is 10.1. The van der Waals surface area contributed by atoms with Crippen LogP contribution in [0.15, 0.2) is 24.3 Å². The van der Waals surface area contributed by atoms with Crippen molar-refractivity contribution >= 4 is 12.4 Å². The van der Waals surface area contributed by atoms with Crippen molar-refractivity contribution in [3.8, 4) is 0 Å². The highest BCUT2D eigenvalue weighted by Gasteiger charge is 1.89. The zero-order chi connectivity index (χ0) is 14.7. The Bertz CT molecular complexity index is 224. The standard InChI is InChI=1S/C19H37N.ClH/c1-3-4-5-6-7-8-9-10-11-12-13-14-15-16-17-18-19-20-2;/h7-8,10-11,20H,3-6,9,12-19H2,1-2H3;1H/b8-7-,11-10-;. The second kappa shape index (κ2) is 22.0. The second-order valence-corrected chi connectivity index (χ2v) is 5.69. The number of hydrogen-bond donors (Lipinski definition) is 1. The van der Waals surface area contributed by atoms with Crippen LogP contribution in [0.2, 0.25) is 0 Å². The molecule has 0 radical (unpaired) electrons. The summed E-state index contributed by atoms with van der Waals surface area (Å²) in [5.74, 6) is 0. The largest absolute Gasteiger partial charge is 0.320 e. The Hall–Kier alpha value is -0.270. The molecule has 0 unspecified atom stereocenters. The van der Waals surface area contributed by atoms with Crippen molar-refractivity contribution in [2.75, 3.05) is 13.6 Å². The van der Waals surface area contributed by atoms with Crippen molar-refractivity contribution in [3.63, 3.8) is 0 Å². The monoisotopic (exact) mass is 315 g/mol. The van der Waals surface area contributed by atoms with Crippen molar-refractivity contribution in [3.05, 3.63) is 24.3 Å². The predicted molar refractivity (Wildman–Crippen MR) is 101 cm³/mol. The Morgan fingerprint density at radius 2 is 1.19 bits per heavy atom. The van der Waals surface area contributed by atoms with Crippen molar-refractivity contribution < 1.29 is 0 Å². The van der Waals surface area contributed by atoms with Gasteiger partial charge in [0, 0.05) is 0 Å². The summed E-state index contributed by atoms with van der Waals surface area (Å²) in [5.41, 5.74) is 0. The van der Waals surface area contributed by atoms with Crippen LogP contribution in [0.4, 0.5) is 0 Å². The molecule has 0 aromatic carbocycles. The third-order valence-corrected chi connectivity index (χ3v) is 3.63. The first-order chi connectivity index (χ1) is 9.91. The molecule has 1 nitrogen and oxygen atoms in total. The molecule has 0 aliphatic heterocycles. The summed E-state index contributed by atoms with van der Waals surface area (Å²) in [6.07, 6.45) is 25.3. The van der Waals surface area contributed by atoms with Crippen LogP contribution in [-0.4, -0.2) is 13.6 Å². The third kappa shape index (κ3) is 22.2. The summed E-state index contributed by atoms with van der Waals surface area (Å²) in [7, 11) is 2.03. The zero-order valence-corrected chi connectivity index (χ0v) is 15.2. The van der Waals surface area contributed by atoms with E-state index in [2.05, 4.69) is 36.5 Å². The summed E-state index contributed by atoms with van der Waals surface area (Å²) in [6.45, 7) is 3.43. The highest BCUT2D eigenvalue weighted by Crippen LogP contribution is 2.07. The van der Waals surface area contributed by atoms with Gasteiger partial charge < -0.3 is 5.32 Å². The van der Waals surface area contributed by atoms with Crippen LogP contribution in [0, 0.1) is 0 Å². The Balaban J connectivity index is 0. The Morgan fingerprint density at radius 1 is 0.667 bits per heavy atom. The van der Waals surface area contributed by atoms with E-state index in [9.17, 15) is 0 Å². The highest BCUT2D eigenvalue weighted by molar-refractivity contribution is 5.85. The van der Waals surface area contributed by atoms with E-state index in [0.717, 1.165) is 6.42 Å². The van der Waals surface area contributed by atoms with Gasteiger partial charge in [-0.05, 0) is 52.1 Å². The lowest BCUT2D eigenvalue weighted by molar-refractivity contribution is 0.584. The molecule has 0 atom stereocenters. The molecular formula is C19H38ClN. The Kier molecular flexibility index (Phi) is 24.1. The van der Waals surface area contributed by atoms with Gasteiger partial charge in [-0.15, -0.1) is 12.4 Å². The van der Waals surface area contributed by atoms with Gasteiger partial charge in [0.05, 0.1) is 0 Å². The molecule has 0 saturated carbocycles. The molecule has 0 rings (SSSR count). The van der Waals surface area contributed by atoms with Crippen molar-refractivity contribution in [2.24, 2.45) is 0 Å². The van der Waals surface area contributed by atoms with Gasteiger partial charge in [0.25, 0.3) is 0 Å². The van der Waals surface area contributed by atoms with Gasteiger partial charge in [-0.25, -0.2) is 0 Å². The maximum absolute atomic E-state index is 3.20. The van der Waals surface area contributed by atoms with Crippen LogP contribution in [0.5, 0.6) is 0 Å². The van der Waals surface area contributed by atoms with E-state index < -0.39 is 0 Å². The molecule has 0 aromatic rings. The maximum Gasteiger partial charge on any atom is -0.00519 e. The topological polar surface area (TPSA) is 12.0 Å². The molecule has 0 saturated heterocycles. The summed E-state index contributed by atoms with van der Waals surface area (Å²) >= 11 is 0. The van der Waals surface area contributed by atoms with Gasteiger partial charge >= 0.3 is 0 Å². The summed E-state index contributed by atoms with van der Waals surface area (Å²) < 4.78 is 0. The molecule has 0 aliphatic carbocycles. The lowest BCUT2D eigenvalue weighted by Gasteiger charge is -2.00. The minimum atomic E-state index is 0. The van der Waals surface area contributed by atoms with Crippen LogP contribution < -0.4 is 5.32 Å². The fraction of sp³-hybridized carbons (Fsp3) is 0.789. The van der Waals surface area contributed by atoms with Gasteiger partial charge in [0.1, 0.15) is 0 Å². The van der Waals surface area contributed by atoms with Crippen molar-refractivity contribution in [1.82, 2.24) is 5.32 Å². The molecule has 1 N–H and O–H groups in total. The van der Waals surface area contributed by atoms with E-state index in [1.165, 1.54) is 77.2 Å². The van der Waals surface area contributed by atoms with Crippen molar-refractivity contribution in [2.45, 2.75) is 84.0 Å². The minimum Gasteiger partial charge on any atom is -0.320 e. The van der Waals surface area contributed by atoms with Crippen LogP contribution in [0.3, 0.4) is 0 Å². The molecular weight excluding hydrogens is 278 g/mol. The molecule has 126 valence electrons. The van der Waals surface area contributed by atoms with E-state index in [-0.39, 0.29) is 12.4 Å². The first kappa shape index (κ1) is 23.0. The molecule has 0 spiro atoms. The smallest absolute Gasteiger partial charge is 0.00519 e. The fourth-order valence-electron chi connectivity index (χ4n) is 2.29. The van der Waals surface area contributed by atoms with Crippen molar-refractivity contribution in [1.29, 1.82) is 0 Å². The van der Waals surface area contributed by atoms with Crippen LogP contribution in [0.1, 0.15) is 84.0 Å². The number of rotatable bonds is 15. The van der Waals surface area contributed by atoms with Crippen LogP contribution >= 0.6 is 12.4 Å². The zero-order valence-electron chi connectivity index (χ0n) is 14.4. The Labute approximate surface area is 140 Å². The number of unbranched alkanes of at least 4 members (excludes halogenated alkanes) is 9. The average molecular weight is 316 g/mol. The normalized spacial score (nSPS) is 11.3. The Morgan fingerprint density at radius 3 is 1.76 bits per heavy atom. The SMILES string of the molecule is CCCCC/C=C\C/C=C\CCCCCCCCNC.Cl. The molecule has 0 heterocycles. The molecule has 2 heteroatoms. The molecule has 0 fully saturated rings. The second-order valence-electron chi connectivity index (χ2n) is 5.69. The number of halogens is 1. The number of hydrogen-bond acceptors (Lipinski definition) is 1. The van der Waals surface area contributed by atoms with Gasteiger partial charge in [-0.2, -0.15) is 0 Å². The molecule has 0 amide bonds. The first-order valence-corrected chi connectivity index (χ1v) is 8.86. The predicted octanol–water partition coefficient (Wildman–Crippen LogP) is 6.44. The van der Waals surface area contributed by atoms with Gasteiger partial charge in [-0.3, -0.25) is 0 Å².